The topological polar surface area (TPSA) is 0 Å². The van der Waals surface area contributed by atoms with Crippen LogP contribution >= 0.6 is 11.6 Å². The van der Waals surface area contributed by atoms with Crippen LogP contribution in [0.25, 0.3) is 21.9 Å². The predicted octanol–water partition coefficient (Wildman–Crippen LogP) is 10.4. The average molecular weight is 473 g/mol. The first kappa shape index (κ1) is 24.5. The van der Waals surface area contributed by atoms with Crippen LogP contribution in [0.5, 0.6) is 0 Å². The Hall–Kier alpha value is -2.64. The van der Waals surface area contributed by atoms with Crippen LogP contribution in [0, 0.1) is 12.7 Å². The molecular weight excluding hydrogens is 439 g/mol. The molecule has 4 rings (SSSR count). The summed E-state index contributed by atoms with van der Waals surface area (Å²) in [5, 5.41) is 3.36. The van der Waals surface area contributed by atoms with Crippen molar-refractivity contribution in [2.45, 2.75) is 65.2 Å². The molecule has 0 spiro atoms. The Balaban J connectivity index is 1.61. The minimum atomic E-state index is -0.0860. The second kappa shape index (κ2) is 10.3. The van der Waals surface area contributed by atoms with E-state index in [1.54, 1.807) is 6.07 Å². The summed E-state index contributed by atoms with van der Waals surface area (Å²) in [4.78, 5) is 0. The van der Waals surface area contributed by atoms with Crippen LogP contribution in [0.15, 0.2) is 72.8 Å². The van der Waals surface area contributed by atoms with Gasteiger partial charge in [0.2, 0.25) is 0 Å². The molecule has 176 valence electrons. The summed E-state index contributed by atoms with van der Waals surface area (Å²) >= 11 is 6.62. The van der Waals surface area contributed by atoms with Gasteiger partial charge in [-0.1, -0.05) is 100.0 Å². The molecule has 2 unspecified atom stereocenters. The largest absolute Gasteiger partial charge is 0.207 e. The van der Waals surface area contributed by atoms with Gasteiger partial charge in [-0.05, 0) is 93.8 Å². The van der Waals surface area contributed by atoms with Gasteiger partial charge in [0.05, 0.1) is 0 Å². The molecule has 0 amide bonds. The molecule has 0 nitrogen and oxygen atoms in total. The quantitative estimate of drug-likeness (QED) is 0.251. The zero-order chi connectivity index (χ0) is 24.4. The summed E-state index contributed by atoms with van der Waals surface area (Å²) in [6.07, 6.45) is 1.95. The molecule has 4 aromatic carbocycles. The van der Waals surface area contributed by atoms with E-state index in [-0.39, 0.29) is 11.7 Å². The maximum atomic E-state index is 14.5. The summed E-state index contributed by atoms with van der Waals surface area (Å²) in [6.45, 7) is 10.7. The van der Waals surface area contributed by atoms with Gasteiger partial charge >= 0.3 is 0 Å². The molecule has 2 atom stereocenters. The van der Waals surface area contributed by atoms with Gasteiger partial charge in [0.15, 0.2) is 0 Å². The summed E-state index contributed by atoms with van der Waals surface area (Å²) in [5.41, 5.74) is 6.67. The Morgan fingerprint density at radius 2 is 1.32 bits per heavy atom. The van der Waals surface area contributed by atoms with Crippen LogP contribution in [-0.2, 0) is 0 Å². The SMILES string of the molecule is Cc1ccc(C(C)CCC(C)c2ccc(-c3ccc(C(C)C)c(Cl)c3)c3ccccc23)c(F)c1. The lowest BCUT2D eigenvalue weighted by Gasteiger charge is -2.20. The number of fused-ring (bicyclic) bond motifs is 1. The zero-order valence-corrected chi connectivity index (χ0v) is 21.6. The molecule has 0 radical (unpaired) electrons. The molecule has 0 aliphatic rings. The lowest BCUT2D eigenvalue weighted by atomic mass is 9.85. The first-order valence-corrected chi connectivity index (χ1v) is 12.7. The van der Waals surface area contributed by atoms with Crippen molar-refractivity contribution < 1.29 is 4.39 Å². The van der Waals surface area contributed by atoms with E-state index in [2.05, 4.69) is 82.3 Å². The van der Waals surface area contributed by atoms with E-state index in [1.165, 1.54) is 27.5 Å². The summed E-state index contributed by atoms with van der Waals surface area (Å²) in [5.74, 6) is 0.881. The highest BCUT2D eigenvalue weighted by Crippen LogP contribution is 2.38. The van der Waals surface area contributed by atoms with E-state index in [0.29, 0.717) is 11.8 Å². The third-order valence-corrected chi connectivity index (χ3v) is 7.47. The summed E-state index contributed by atoms with van der Waals surface area (Å²) in [7, 11) is 0. The van der Waals surface area contributed by atoms with Crippen molar-refractivity contribution in [1.29, 1.82) is 0 Å². The van der Waals surface area contributed by atoms with Crippen molar-refractivity contribution in [2.24, 2.45) is 0 Å². The van der Waals surface area contributed by atoms with E-state index in [0.717, 1.165) is 34.6 Å². The van der Waals surface area contributed by atoms with Gasteiger partial charge in [0.25, 0.3) is 0 Å². The van der Waals surface area contributed by atoms with Crippen molar-refractivity contribution in [1.82, 2.24) is 0 Å². The van der Waals surface area contributed by atoms with Gasteiger partial charge in [-0.2, -0.15) is 0 Å². The molecule has 2 heteroatoms. The highest BCUT2D eigenvalue weighted by atomic mass is 35.5. The van der Waals surface area contributed by atoms with Gasteiger partial charge in [0.1, 0.15) is 5.82 Å². The normalized spacial score (nSPS) is 13.4. The number of halogens is 2. The fraction of sp³-hybridized carbons (Fsp3) is 0.312. The Morgan fingerprint density at radius 3 is 1.97 bits per heavy atom. The monoisotopic (exact) mass is 472 g/mol. The Bertz CT molecular complexity index is 1300. The first-order chi connectivity index (χ1) is 16.3. The maximum Gasteiger partial charge on any atom is 0.126 e. The third-order valence-electron chi connectivity index (χ3n) is 7.14. The van der Waals surface area contributed by atoms with Crippen molar-refractivity contribution in [2.75, 3.05) is 0 Å². The fourth-order valence-electron chi connectivity index (χ4n) is 5.01. The van der Waals surface area contributed by atoms with Crippen LogP contribution in [0.1, 0.15) is 80.5 Å². The zero-order valence-electron chi connectivity index (χ0n) is 20.8. The van der Waals surface area contributed by atoms with Crippen molar-refractivity contribution >= 4 is 22.4 Å². The molecule has 0 aromatic heterocycles. The van der Waals surface area contributed by atoms with Gasteiger partial charge in [-0.15, -0.1) is 0 Å². The van der Waals surface area contributed by atoms with Crippen LogP contribution < -0.4 is 0 Å². The molecule has 0 heterocycles. The smallest absolute Gasteiger partial charge is 0.126 e. The van der Waals surface area contributed by atoms with Crippen LogP contribution in [0.2, 0.25) is 5.02 Å². The highest BCUT2D eigenvalue weighted by molar-refractivity contribution is 6.31. The predicted molar refractivity (Wildman–Crippen MR) is 146 cm³/mol. The van der Waals surface area contributed by atoms with Crippen molar-refractivity contribution in [3.63, 3.8) is 0 Å². The van der Waals surface area contributed by atoms with E-state index in [1.807, 2.05) is 19.1 Å². The lowest BCUT2D eigenvalue weighted by molar-refractivity contribution is 0.539. The Kier molecular flexibility index (Phi) is 7.43. The molecule has 4 aromatic rings. The molecule has 0 bridgehead atoms. The first-order valence-electron chi connectivity index (χ1n) is 12.3. The second-order valence-corrected chi connectivity index (χ2v) is 10.5. The van der Waals surface area contributed by atoms with E-state index < -0.39 is 0 Å². The number of benzene rings is 4. The summed E-state index contributed by atoms with van der Waals surface area (Å²) in [6, 6.07) is 25.2. The fourth-order valence-corrected chi connectivity index (χ4v) is 5.41. The van der Waals surface area contributed by atoms with Crippen molar-refractivity contribution in [3.05, 3.63) is 106 Å². The maximum absolute atomic E-state index is 14.5. The lowest BCUT2D eigenvalue weighted by Crippen LogP contribution is -2.02. The molecule has 0 saturated heterocycles. The number of aryl methyl sites for hydroxylation is 1. The molecular formula is C32H34ClF. The molecule has 0 aliphatic heterocycles. The minimum Gasteiger partial charge on any atom is -0.207 e. The van der Waals surface area contributed by atoms with Crippen LogP contribution in [0.3, 0.4) is 0 Å². The summed E-state index contributed by atoms with van der Waals surface area (Å²) < 4.78 is 14.5. The number of rotatable bonds is 7. The molecule has 34 heavy (non-hydrogen) atoms. The number of hydrogen-bond acceptors (Lipinski definition) is 0. The third kappa shape index (κ3) is 5.05. The van der Waals surface area contributed by atoms with Gasteiger partial charge in [-0.25, -0.2) is 4.39 Å². The molecule has 0 N–H and O–H groups in total. The minimum absolute atomic E-state index is 0.0860. The highest BCUT2D eigenvalue weighted by Gasteiger charge is 2.17. The van der Waals surface area contributed by atoms with Crippen LogP contribution in [0.4, 0.5) is 4.39 Å². The van der Waals surface area contributed by atoms with Gasteiger partial charge in [-0.3, -0.25) is 0 Å². The second-order valence-electron chi connectivity index (χ2n) is 10.0. The molecule has 0 aliphatic carbocycles. The van der Waals surface area contributed by atoms with Crippen LogP contribution in [-0.4, -0.2) is 0 Å². The van der Waals surface area contributed by atoms with Crippen molar-refractivity contribution in [3.8, 4) is 11.1 Å². The standard InChI is InChI=1S/C32H34ClF/c1-20(2)25-15-13-24(19-31(25)33)28-17-16-26(29-8-6-7-9-30(28)29)22(4)11-12-23(5)27-14-10-21(3)18-32(27)34/h6-10,13-20,22-23H,11-12H2,1-5H3. The van der Waals surface area contributed by atoms with Gasteiger partial charge in [0, 0.05) is 5.02 Å². The number of hydrogen-bond donors (Lipinski definition) is 0. The molecule has 0 fully saturated rings. The Labute approximate surface area is 208 Å². The van der Waals surface area contributed by atoms with E-state index in [4.69, 9.17) is 11.6 Å². The molecule has 0 saturated carbocycles. The van der Waals surface area contributed by atoms with E-state index in [9.17, 15) is 4.39 Å². The Morgan fingerprint density at radius 1 is 0.706 bits per heavy atom. The average Bonchev–Trinajstić information content (AvgIpc) is 2.81. The van der Waals surface area contributed by atoms with Gasteiger partial charge < -0.3 is 0 Å². The van der Waals surface area contributed by atoms with E-state index >= 15 is 0 Å².